The number of likely N-dealkylation sites (tertiary alicyclic amines) is 1. The van der Waals surface area contributed by atoms with E-state index in [1.54, 1.807) is 4.90 Å². The third kappa shape index (κ3) is 2.24. The fraction of sp³-hybridized carbons (Fsp3) is 0.400. The van der Waals surface area contributed by atoms with Crippen molar-refractivity contribution in [2.24, 2.45) is 0 Å². The normalized spacial score (nSPS) is 24.6. The molecule has 1 amide bonds. The summed E-state index contributed by atoms with van der Waals surface area (Å²) in [5.74, 6) is 0.538. The fourth-order valence-corrected chi connectivity index (χ4v) is 2.82. The molecule has 1 atom stereocenters. The van der Waals surface area contributed by atoms with Gasteiger partial charge in [0.25, 0.3) is 0 Å². The first kappa shape index (κ1) is 12.2. The number of cyclic esters (lactones) is 1. The van der Waals surface area contributed by atoms with E-state index in [1.165, 1.54) is 19.3 Å². The predicted molar refractivity (Wildman–Crippen MR) is 73.8 cm³/mol. The lowest BCUT2D eigenvalue weighted by Gasteiger charge is -2.35. The highest BCUT2D eigenvalue weighted by Crippen LogP contribution is 2.31. The van der Waals surface area contributed by atoms with E-state index in [2.05, 4.69) is 11.5 Å². The molecule has 0 N–H and O–H groups in total. The number of carbonyl (C=O) groups excluding carboxylic acids is 1. The van der Waals surface area contributed by atoms with Gasteiger partial charge in [-0.15, -0.1) is 0 Å². The van der Waals surface area contributed by atoms with Crippen LogP contribution in [0, 0.1) is 0 Å². The number of carbonyl (C=O) groups is 1. The highest BCUT2D eigenvalue weighted by Gasteiger charge is 2.41. The van der Waals surface area contributed by atoms with E-state index < -0.39 is 0 Å². The molecule has 2 aliphatic rings. The van der Waals surface area contributed by atoms with Crippen molar-refractivity contribution in [3.8, 4) is 0 Å². The zero-order chi connectivity index (χ0) is 13.2. The molecule has 1 aromatic rings. The Morgan fingerprint density at radius 2 is 1.79 bits per heavy atom. The van der Waals surface area contributed by atoms with E-state index in [9.17, 15) is 4.79 Å². The van der Waals surface area contributed by atoms with Crippen molar-refractivity contribution >= 4 is 11.8 Å². The highest BCUT2D eigenvalue weighted by molar-refractivity contribution is 5.92. The van der Waals surface area contributed by atoms with E-state index in [4.69, 9.17) is 4.74 Å². The Kier molecular flexibility index (Phi) is 3.25. The quantitative estimate of drug-likeness (QED) is 0.817. The van der Waals surface area contributed by atoms with Gasteiger partial charge in [0.1, 0.15) is 5.76 Å². The second kappa shape index (κ2) is 5.05. The van der Waals surface area contributed by atoms with E-state index in [0.29, 0.717) is 5.76 Å². The van der Waals surface area contributed by atoms with Crippen molar-refractivity contribution in [2.45, 2.75) is 25.4 Å². The average molecular weight is 258 g/mol. The fourth-order valence-electron chi connectivity index (χ4n) is 2.82. The number of rotatable bonds is 2. The molecule has 0 spiro atoms. The van der Waals surface area contributed by atoms with Gasteiger partial charge in [0.05, 0.1) is 0 Å². The molecule has 3 rings (SSSR count). The van der Waals surface area contributed by atoms with Gasteiger partial charge < -0.3 is 4.74 Å². The van der Waals surface area contributed by atoms with E-state index in [1.807, 2.05) is 30.3 Å². The number of hydrogen-bond donors (Lipinski definition) is 0. The Hall–Kier alpha value is -1.81. The van der Waals surface area contributed by atoms with Gasteiger partial charge in [-0.1, -0.05) is 31.2 Å². The van der Waals surface area contributed by atoms with Gasteiger partial charge in [-0.2, -0.15) is 0 Å². The largest absolute Gasteiger partial charge is 0.421 e. The maximum absolute atomic E-state index is 12.1. The summed E-state index contributed by atoms with van der Waals surface area (Å²) in [5.41, 5.74) is 0.863. The monoisotopic (exact) mass is 258 g/mol. The first-order chi connectivity index (χ1) is 9.27. The molecule has 4 nitrogen and oxygen atoms in total. The molecule has 1 aromatic carbocycles. The van der Waals surface area contributed by atoms with Gasteiger partial charge in [0.15, 0.2) is 6.17 Å². The molecule has 0 bridgehead atoms. The summed E-state index contributed by atoms with van der Waals surface area (Å²) in [4.78, 5) is 16.0. The average Bonchev–Trinajstić information content (AvgIpc) is 2.75. The van der Waals surface area contributed by atoms with Crippen molar-refractivity contribution in [3.63, 3.8) is 0 Å². The number of benzene rings is 1. The Morgan fingerprint density at radius 1 is 1.11 bits per heavy atom. The number of piperidine rings is 1. The van der Waals surface area contributed by atoms with Gasteiger partial charge >= 0.3 is 6.09 Å². The second-order valence-corrected chi connectivity index (χ2v) is 5.01. The van der Waals surface area contributed by atoms with Crippen LogP contribution in [0.15, 0.2) is 42.7 Å². The summed E-state index contributed by atoms with van der Waals surface area (Å²) in [6.45, 7) is 5.89. The van der Waals surface area contributed by atoms with E-state index in [0.717, 1.165) is 18.8 Å². The molecule has 19 heavy (non-hydrogen) atoms. The molecule has 0 aromatic heterocycles. The minimum absolute atomic E-state index is 0.157. The Labute approximate surface area is 113 Å². The Morgan fingerprint density at radius 3 is 2.47 bits per heavy atom. The smallest absolute Gasteiger partial charge is 0.411 e. The molecule has 2 aliphatic heterocycles. The third-order valence-electron chi connectivity index (χ3n) is 3.72. The molecule has 0 radical (unpaired) electrons. The van der Waals surface area contributed by atoms with E-state index >= 15 is 0 Å². The summed E-state index contributed by atoms with van der Waals surface area (Å²) in [7, 11) is 0. The SMILES string of the molecule is C=C1OC(=O)N(c2ccccc2)C1N1CCCCC1. The van der Waals surface area contributed by atoms with Crippen LogP contribution in [0.2, 0.25) is 0 Å². The molecule has 100 valence electrons. The second-order valence-electron chi connectivity index (χ2n) is 5.01. The highest BCUT2D eigenvalue weighted by atomic mass is 16.6. The molecule has 4 heteroatoms. The summed E-state index contributed by atoms with van der Waals surface area (Å²) >= 11 is 0. The summed E-state index contributed by atoms with van der Waals surface area (Å²) < 4.78 is 5.24. The van der Waals surface area contributed by atoms with Crippen LogP contribution in [-0.2, 0) is 4.74 Å². The van der Waals surface area contributed by atoms with Gasteiger partial charge in [-0.05, 0) is 25.0 Å². The van der Waals surface area contributed by atoms with Crippen LogP contribution in [0.25, 0.3) is 0 Å². The number of hydrogen-bond acceptors (Lipinski definition) is 3. The summed E-state index contributed by atoms with van der Waals surface area (Å²) in [5, 5.41) is 0. The number of amides is 1. The van der Waals surface area contributed by atoms with E-state index in [-0.39, 0.29) is 12.3 Å². The number of para-hydroxylation sites is 1. The van der Waals surface area contributed by atoms with Crippen molar-refractivity contribution in [1.29, 1.82) is 0 Å². The molecule has 0 aliphatic carbocycles. The lowest BCUT2D eigenvalue weighted by atomic mass is 10.1. The van der Waals surface area contributed by atoms with Crippen molar-refractivity contribution in [1.82, 2.24) is 4.90 Å². The maximum Gasteiger partial charge on any atom is 0.421 e. The Balaban J connectivity index is 1.91. The summed E-state index contributed by atoms with van der Waals surface area (Å²) in [6, 6.07) is 9.65. The zero-order valence-corrected chi connectivity index (χ0v) is 10.9. The van der Waals surface area contributed by atoms with Crippen LogP contribution in [0.3, 0.4) is 0 Å². The van der Waals surface area contributed by atoms with Gasteiger partial charge in [0, 0.05) is 18.8 Å². The molecule has 2 heterocycles. The van der Waals surface area contributed by atoms with Crippen LogP contribution in [0.4, 0.5) is 10.5 Å². The van der Waals surface area contributed by atoms with Crippen LogP contribution in [-0.4, -0.2) is 30.2 Å². The minimum atomic E-state index is -0.327. The minimum Gasteiger partial charge on any atom is -0.411 e. The predicted octanol–water partition coefficient (Wildman–Crippen LogP) is 2.97. The first-order valence-corrected chi connectivity index (χ1v) is 6.76. The number of anilines is 1. The van der Waals surface area contributed by atoms with Gasteiger partial charge in [-0.3, -0.25) is 9.80 Å². The molecule has 1 unspecified atom stereocenters. The number of ether oxygens (including phenoxy) is 1. The topological polar surface area (TPSA) is 32.8 Å². The van der Waals surface area contributed by atoms with Crippen molar-refractivity contribution in [3.05, 3.63) is 42.7 Å². The lowest BCUT2D eigenvalue weighted by Crippen LogP contribution is -2.48. The third-order valence-corrected chi connectivity index (χ3v) is 3.72. The van der Waals surface area contributed by atoms with Crippen LogP contribution in [0.1, 0.15) is 19.3 Å². The zero-order valence-electron chi connectivity index (χ0n) is 10.9. The van der Waals surface area contributed by atoms with Crippen LogP contribution >= 0.6 is 0 Å². The van der Waals surface area contributed by atoms with Gasteiger partial charge in [-0.25, -0.2) is 4.79 Å². The Bertz CT molecular complexity index is 480. The van der Waals surface area contributed by atoms with Crippen molar-refractivity contribution in [2.75, 3.05) is 18.0 Å². The molecule has 2 saturated heterocycles. The van der Waals surface area contributed by atoms with Crippen LogP contribution < -0.4 is 4.90 Å². The lowest BCUT2D eigenvalue weighted by molar-refractivity contribution is 0.175. The number of nitrogens with zero attached hydrogens (tertiary/aromatic N) is 2. The molecule has 0 saturated carbocycles. The van der Waals surface area contributed by atoms with Crippen molar-refractivity contribution < 1.29 is 9.53 Å². The summed E-state index contributed by atoms with van der Waals surface area (Å²) in [6.07, 6.45) is 3.11. The standard InChI is InChI=1S/C15H18N2O2/c1-12-14(16-10-6-3-7-11-16)17(15(18)19-12)13-8-4-2-5-9-13/h2,4-5,8-9,14H,1,3,6-7,10-11H2. The van der Waals surface area contributed by atoms with Gasteiger partial charge in [0.2, 0.25) is 0 Å². The van der Waals surface area contributed by atoms with Crippen LogP contribution in [0.5, 0.6) is 0 Å². The molecule has 2 fully saturated rings. The first-order valence-electron chi connectivity index (χ1n) is 6.76. The maximum atomic E-state index is 12.1. The molecular weight excluding hydrogens is 240 g/mol. The molecular formula is C15H18N2O2.